The van der Waals surface area contributed by atoms with Gasteiger partial charge in [0.2, 0.25) is 0 Å². The Hall–Kier alpha value is -4.24. The van der Waals surface area contributed by atoms with Gasteiger partial charge < -0.3 is 5.32 Å². The first-order valence-electron chi connectivity index (χ1n) is 13.6. The lowest BCUT2D eigenvalue weighted by molar-refractivity contribution is 0.102. The molecule has 0 unspecified atom stereocenters. The number of carbonyl (C=O) groups is 2. The topological polar surface area (TPSA) is 46.2 Å². The maximum Gasteiger partial charge on any atom is 0.256 e. The van der Waals surface area contributed by atoms with E-state index < -0.39 is 0 Å². The molecule has 38 heavy (non-hydrogen) atoms. The Morgan fingerprint density at radius 1 is 0.737 bits per heavy atom. The molecule has 0 aromatic heterocycles. The number of nitrogens with one attached hydrogen (secondary N) is 1. The second kappa shape index (κ2) is 11.9. The highest BCUT2D eigenvalue weighted by atomic mass is 16.1. The lowest BCUT2D eigenvalue weighted by Gasteiger charge is -2.12. The third-order valence-electron chi connectivity index (χ3n) is 7.32. The van der Waals surface area contributed by atoms with Gasteiger partial charge in [-0.2, -0.15) is 0 Å². The SMILES string of the molecule is CCc1ccc(-c2ccccc2C(=O)Nc2ccc(C(=O)/C3=C\c4ccccc4CCCCC3)cc2)cc1. The van der Waals surface area contributed by atoms with E-state index in [1.165, 1.54) is 11.1 Å². The summed E-state index contributed by atoms with van der Waals surface area (Å²) >= 11 is 0. The molecule has 0 fully saturated rings. The molecule has 1 N–H and O–H groups in total. The van der Waals surface area contributed by atoms with E-state index in [-0.39, 0.29) is 11.7 Å². The third-order valence-corrected chi connectivity index (χ3v) is 7.32. The molecule has 0 atom stereocenters. The van der Waals surface area contributed by atoms with Crippen molar-refractivity contribution in [2.75, 3.05) is 5.32 Å². The number of hydrogen-bond acceptors (Lipinski definition) is 2. The molecule has 3 heteroatoms. The van der Waals surface area contributed by atoms with Gasteiger partial charge in [0.1, 0.15) is 0 Å². The largest absolute Gasteiger partial charge is 0.322 e. The van der Waals surface area contributed by atoms with Crippen molar-refractivity contribution in [3.63, 3.8) is 0 Å². The lowest BCUT2D eigenvalue weighted by Crippen LogP contribution is -2.13. The molecule has 0 saturated carbocycles. The summed E-state index contributed by atoms with van der Waals surface area (Å²) < 4.78 is 0. The van der Waals surface area contributed by atoms with Gasteiger partial charge in [-0.25, -0.2) is 0 Å². The van der Waals surface area contributed by atoms with Crippen molar-refractivity contribution in [1.82, 2.24) is 0 Å². The van der Waals surface area contributed by atoms with Gasteiger partial charge in [0.25, 0.3) is 5.91 Å². The second-order valence-corrected chi connectivity index (χ2v) is 9.89. The highest BCUT2D eigenvalue weighted by Gasteiger charge is 2.16. The average Bonchev–Trinajstić information content (AvgIpc) is 3.07. The molecule has 0 heterocycles. The van der Waals surface area contributed by atoms with Gasteiger partial charge in [-0.05, 0) is 96.3 Å². The number of rotatable bonds is 6. The minimum Gasteiger partial charge on any atom is -0.322 e. The number of benzene rings is 4. The number of aryl methyl sites for hydroxylation is 2. The summed E-state index contributed by atoms with van der Waals surface area (Å²) in [6.07, 6.45) is 8.16. The van der Waals surface area contributed by atoms with Crippen LogP contribution in [0.4, 0.5) is 5.69 Å². The minimum atomic E-state index is -0.171. The summed E-state index contributed by atoms with van der Waals surface area (Å²) in [6.45, 7) is 2.13. The monoisotopic (exact) mass is 499 g/mol. The molecule has 0 spiro atoms. The van der Waals surface area contributed by atoms with Gasteiger partial charge in [0.05, 0.1) is 0 Å². The van der Waals surface area contributed by atoms with Crippen LogP contribution in [0.25, 0.3) is 17.2 Å². The predicted octanol–water partition coefficient (Wildman–Crippen LogP) is 8.55. The number of anilines is 1. The fourth-order valence-electron chi connectivity index (χ4n) is 5.09. The van der Waals surface area contributed by atoms with Gasteiger partial charge in [-0.3, -0.25) is 9.59 Å². The molecule has 1 aliphatic rings. The number of fused-ring (bicyclic) bond motifs is 1. The molecular formula is C35H33NO2. The van der Waals surface area contributed by atoms with Crippen LogP contribution in [-0.4, -0.2) is 11.7 Å². The van der Waals surface area contributed by atoms with Gasteiger partial charge in [0, 0.05) is 22.4 Å². The Bertz CT molecular complexity index is 1460. The van der Waals surface area contributed by atoms with E-state index in [1.54, 1.807) is 0 Å². The number of allylic oxidation sites excluding steroid dienone is 1. The van der Waals surface area contributed by atoms with Crippen molar-refractivity contribution in [2.45, 2.75) is 45.4 Å². The number of carbonyl (C=O) groups excluding carboxylic acids is 2. The minimum absolute atomic E-state index is 0.0560. The lowest BCUT2D eigenvalue weighted by atomic mass is 9.96. The van der Waals surface area contributed by atoms with Crippen LogP contribution in [0.2, 0.25) is 0 Å². The van der Waals surface area contributed by atoms with Crippen molar-refractivity contribution in [1.29, 1.82) is 0 Å². The van der Waals surface area contributed by atoms with Crippen molar-refractivity contribution in [3.05, 3.63) is 130 Å². The molecular weight excluding hydrogens is 466 g/mol. The Balaban J connectivity index is 1.33. The van der Waals surface area contributed by atoms with Gasteiger partial charge in [-0.15, -0.1) is 0 Å². The molecule has 0 bridgehead atoms. The highest BCUT2D eigenvalue weighted by Crippen LogP contribution is 2.27. The third kappa shape index (κ3) is 5.84. The summed E-state index contributed by atoms with van der Waals surface area (Å²) in [5.41, 5.74) is 8.39. The van der Waals surface area contributed by atoms with Crippen LogP contribution in [-0.2, 0) is 12.8 Å². The Morgan fingerprint density at radius 2 is 1.45 bits per heavy atom. The van der Waals surface area contributed by atoms with Crippen LogP contribution in [0.15, 0.2) is 103 Å². The molecule has 0 aliphatic heterocycles. The number of amides is 1. The Kier molecular flexibility index (Phi) is 7.94. The Labute approximate surface area is 225 Å². The zero-order chi connectivity index (χ0) is 26.3. The van der Waals surface area contributed by atoms with Crippen molar-refractivity contribution < 1.29 is 9.59 Å². The van der Waals surface area contributed by atoms with Crippen molar-refractivity contribution in [3.8, 4) is 11.1 Å². The summed E-state index contributed by atoms with van der Waals surface area (Å²) in [5, 5.41) is 3.01. The van der Waals surface area contributed by atoms with E-state index >= 15 is 0 Å². The average molecular weight is 500 g/mol. The molecule has 4 aromatic carbocycles. The van der Waals surface area contributed by atoms with Gasteiger partial charge in [0.15, 0.2) is 5.78 Å². The first kappa shape index (κ1) is 25.4. The van der Waals surface area contributed by atoms with Crippen LogP contribution in [0, 0.1) is 0 Å². The van der Waals surface area contributed by atoms with E-state index in [9.17, 15) is 9.59 Å². The van der Waals surface area contributed by atoms with Crippen LogP contribution in [0.1, 0.15) is 70.0 Å². The fourth-order valence-corrected chi connectivity index (χ4v) is 5.09. The van der Waals surface area contributed by atoms with E-state index in [0.717, 1.165) is 60.8 Å². The van der Waals surface area contributed by atoms with Gasteiger partial charge >= 0.3 is 0 Å². The van der Waals surface area contributed by atoms with Crippen molar-refractivity contribution in [2.24, 2.45) is 0 Å². The molecule has 5 rings (SSSR count). The first-order valence-corrected chi connectivity index (χ1v) is 13.6. The second-order valence-electron chi connectivity index (χ2n) is 9.89. The maximum atomic E-state index is 13.4. The maximum absolute atomic E-state index is 13.4. The number of ketones is 1. The van der Waals surface area contributed by atoms with E-state index in [4.69, 9.17) is 0 Å². The van der Waals surface area contributed by atoms with Crippen molar-refractivity contribution >= 4 is 23.5 Å². The summed E-state index contributed by atoms with van der Waals surface area (Å²) in [6, 6.07) is 31.6. The molecule has 4 aromatic rings. The number of hydrogen-bond donors (Lipinski definition) is 1. The number of Topliss-reactive ketones (excluding diaryl/α,β-unsaturated/α-hetero) is 1. The fraction of sp³-hybridized carbons (Fsp3) is 0.200. The first-order chi connectivity index (χ1) is 18.6. The highest BCUT2D eigenvalue weighted by molar-refractivity contribution is 6.12. The molecule has 0 radical (unpaired) electrons. The quantitative estimate of drug-likeness (QED) is 0.270. The van der Waals surface area contributed by atoms with E-state index in [2.05, 4.69) is 60.8 Å². The summed E-state index contributed by atoms with van der Waals surface area (Å²) in [5.74, 6) is -0.115. The smallest absolute Gasteiger partial charge is 0.256 e. The predicted molar refractivity (Wildman–Crippen MR) is 157 cm³/mol. The molecule has 1 aliphatic carbocycles. The zero-order valence-electron chi connectivity index (χ0n) is 21.9. The Morgan fingerprint density at radius 3 is 2.24 bits per heavy atom. The standard InChI is InChI=1S/C35H33NO2/c1-2-25-16-18-27(19-17-25)32-14-8-9-15-33(32)35(38)36-31-22-20-28(21-23-31)34(37)30-13-5-3-4-10-26-11-6-7-12-29(26)24-30/h6-9,11-12,14-24H,2-5,10,13H2,1H3,(H,36,38)/b30-24-. The van der Waals surface area contributed by atoms with E-state index in [1.807, 2.05) is 54.6 Å². The summed E-state index contributed by atoms with van der Waals surface area (Å²) in [7, 11) is 0. The molecule has 190 valence electrons. The van der Waals surface area contributed by atoms with Crippen LogP contribution < -0.4 is 5.32 Å². The molecule has 3 nitrogen and oxygen atoms in total. The molecule has 1 amide bonds. The zero-order valence-corrected chi connectivity index (χ0v) is 21.9. The van der Waals surface area contributed by atoms with Crippen LogP contribution in [0.5, 0.6) is 0 Å². The summed E-state index contributed by atoms with van der Waals surface area (Å²) in [4.78, 5) is 26.7. The van der Waals surface area contributed by atoms with Gasteiger partial charge in [-0.1, -0.05) is 80.1 Å². The normalized spacial score (nSPS) is 14.7. The van der Waals surface area contributed by atoms with Crippen LogP contribution in [0.3, 0.4) is 0 Å². The van der Waals surface area contributed by atoms with Crippen LogP contribution >= 0.6 is 0 Å². The molecule has 0 saturated heterocycles. The van der Waals surface area contributed by atoms with E-state index in [0.29, 0.717) is 16.8 Å².